The van der Waals surface area contributed by atoms with Crippen molar-refractivity contribution in [1.29, 1.82) is 0 Å². The van der Waals surface area contributed by atoms with Gasteiger partial charge in [0.05, 0.1) is 7.11 Å². The van der Waals surface area contributed by atoms with Gasteiger partial charge in [0.2, 0.25) is 11.3 Å². The van der Waals surface area contributed by atoms with Gasteiger partial charge in [0, 0.05) is 5.69 Å². The molecule has 1 N–H and O–H groups in total. The quantitative estimate of drug-likeness (QED) is 0.609. The zero-order valence-electron chi connectivity index (χ0n) is 13.1. The molecule has 0 aliphatic heterocycles. The Labute approximate surface area is 141 Å². The molecular weight excluding hydrogens is 325 g/mol. The van der Waals surface area contributed by atoms with E-state index in [0.29, 0.717) is 5.82 Å². The van der Waals surface area contributed by atoms with Gasteiger partial charge in [-0.3, -0.25) is 0 Å². The summed E-state index contributed by atoms with van der Waals surface area (Å²) in [5, 5.41) is 10.4. The number of hydrogen-bond donors (Lipinski definition) is 1. The Kier molecular flexibility index (Phi) is 3.70. The maximum Gasteiger partial charge on any atom is 0.259 e. The lowest BCUT2D eigenvalue weighted by atomic mass is 10.1. The highest BCUT2D eigenvalue weighted by Gasteiger charge is 2.13. The second kappa shape index (κ2) is 6.16. The molecule has 0 saturated carbocycles. The summed E-state index contributed by atoms with van der Waals surface area (Å²) in [4.78, 5) is 8.46. The molecule has 0 fully saturated rings. The normalized spacial score (nSPS) is 10.8. The Morgan fingerprint density at radius 3 is 2.12 bits per heavy atom. The van der Waals surface area contributed by atoms with Gasteiger partial charge in [-0.25, -0.2) is 9.02 Å². The molecule has 4 aromatic rings. The first-order valence-electron chi connectivity index (χ1n) is 7.40. The number of benzene rings is 2. The summed E-state index contributed by atoms with van der Waals surface area (Å²) < 4.78 is 22.8. The van der Waals surface area contributed by atoms with Crippen molar-refractivity contribution in [1.82, 2.24) is 20.3 Å². The van der Waals surface area contributed by atoms with Gasteiger partial charge in [-0.2, -0.15) is 9.97 Å². The van der Waals surface area contributed by atoms with Gasteiger partial charge in [0.15, 0.2) is 5.82 Å². The second-order valence-corrected chi connectivity index (χ2v) is 5.20. The van der Waals surface area contributed by atoms with E-state index in [-0.39, 0.29) is 23.0 Å². The molecule has 0 aliphatic carbocycles. The van der Waals surface area contributed by atoms with Crippen LogP contribution in [0.4, 0.5) is 15.9 Å². The van der Waals surface area contributed by atoms with Gasteiger partial charge in [0.1, 0.15) is 5.82 Å². The fraction of sp³-hybridized carbons (Fsp3) is 0.0588. The fourth-order valence-corrected chi connectivity index (χ4v) is 2.37. The van der Waals surface area contributed by atoms with E-state index >= 15 is 0 Å². The molecule has 2 aromatic heterocycles. The summed E-state index contributed by atoms with van der Waals surface area (Å²) in [6.07, 6.45) is 0. The highest BCUT2D eigenvalue weighted by Crippen LogP contribution is 2.27. The van der Waals surface area contributed by atoms with Crippen LogP contribution in [0.2, 0.25) is 0 Å². The Morgan fingerprint density at radius 2 is 1.48 bits per heavy atom. The summed E-state index contributed by atoms with van der Waals surface area (Å²) in [6.45, 7) is 0. The maximum atomic E-state index is 13.0. The van der Waals surface area contributed by atoms with E-state index < -0.39 is 0 Å². The first-order chi connectivity index (χ1) is 12.2. The number of fused-ring (bicyclic) bond motifs is 1. The molecule has 2 aromatic carbocycles. The van der Waals surface area contributed by atoms with Crippen molar-refractivity contribution >= 4 is 22.8 Å². The number of aromatic nitrogens is 4. The minimum atomic E-state index is -0.259. The SMILES string of the molecule is COc1nc2nonc2nc1Nc1ccc(-c2ccc(F)cc2)cc1. The van der Waals surface area contributed by atoms with Gasteiger partial charge < -0.3 is 10.1 Å². The predicted molar refractivity (Wildman–Crippen MR) is 89.1 cm³/mol. The lowest BCUT2D eigenvalue weighted by Gasteiger charge is -2.09. The second-order valence-electron chi connectivity index (χ2n) is 5.20. The number of methoxy groups -OCH3 is 1. The summed E-state index contributed by atoms with van der Waals surface area (Å²) in [5.74, 6) is 0.427. The molecule has 0 bridgehead atoms. The van der Waals surface area contributed by atoms with Gasteiger partial charge in [0.25, 0.3) is 5.88 Å². The third kappa shape index (κ3) is 2.97. The van der Waals surface area contributed by atoms with E-state index in [1.54, 1.807) is 12.1 Å². The molecule has 2 heterocycles. The highest BCUT2D eigenvalue weighted by molar-refractivity contribution is 5.72. The molecule has 4 rings (SSSR count). The van der Waals surface area contributed by atoms with Gasteiger partial charge in [-0.05, 0) is 45.7 Å². The van der Waals surface area contributed by atoms with Crippen molar-refractivity contribution in [3.63, 3.8) is 0 Å². The van der Waals surface area contributed by atoms with E-state index in [1.807, 2.05) is 24.3 Å². The first kappa shape index (κ1) is 15.0. The van der Waals surface area contributed by atoms with Crippen molar-refractivity contribution in [3.05, 3.63) is 54.3 Å². The minimum absolute atomic E-state index is 0.259. The average Bonchev–Trinajstić information content (AvgIpc) is 3.10. The Bertz CT molecular complexity index is 1020. The largest absolute Gasteiger partial charge is 0.478 e. The predicted octanol–water partition coefficient (Wildman–Crippen LogP) is 3.57. The number of rotatable bonds is 4. The van der Waals surface area contributed by atoms with Crippen molar-refractivity contribution in [3.8, 4) is 17.0 Å². The number of anilines is 2. The number of halogens is 1. The van der Waals surface area contributed by atoms with E-state index in [9.17, 15) is 4.39 Å². The molecule has 0 atom stereocenters. The summed E-state index contributed by atoms with van der Waals surface area (Å²) in [6, 6.07) is 13.9. The third-order valence-corrected chi connectivity index (χ3v) is 3.60. The number of ether oxygens (including phenoxy) is 1. The van der Waals surface area contributed by atoms with Gasteiger partial charge in [-0.1, -0.05) is 24.3 Å². The fourth-order valence-electron chi connectivity index (χ4n) is 2.37. The molecule has 0 saturated heterocycles. The van der Waals surface area contributed by atoms with Crippen LogP contribution in [0.25, 0.3) is 22.4 Å². The van der Waals surface area contributed by atoms with E-state index in [1.165, 1.54) is 19.2 Å². The van der Waals surface area contributed by atoms with Crippen LogP contribution < -0.4 is 10.1 Å². The van der Waals surface area contributed by atoms with Gasteiger partial charge >= 0.3 is 0 Å². The van der Waals surface area contributed by atoms with Crippen LogP contribution in [0.1, 0.15) is 0 Å². The molecule has 0 aliphatic rings. The summed E-state index contributed by atoms with van der Waals surface area (Å²) in [7, 11) is 1.49. The molecule has 0 spiro atoms. The molecule has 25 heavy (non-hydrogen) atoms. The third-order valence-electron chi connectivity index (χ3n) is 3.60. The van der Waals surface area contributed by atoms with E-state index in [4.69, 9.17) is 4.74 Å². The Balaban J connectivity index is 1.61. The van der Waals surface area contributed by atoms with Crippen LogP contribution >= 0.6 is 0 Å². The van der Waals surface area contributed by atoms with Crippen LogP contribution in [-0.4, -0.2) is 27.4 Å². The lowest BCUT2D eigenvalue weighted by molar-refractivity contribution is 0.313. The monoisotopic (exact) mass is 337 g/mol. The van der Waals surface area contributed by atoms with Gasteiger partial charge in [-0.15, -0.1) is 0 Å². The van der Waals surface area contributed by atoms with E-state index in [2.05, 4.69) is 30.2 Å². The van der Waals surface area contributed by atoms with Crippen molar-refractivity contribution in [2.75, 3.05) is 12.4 Å². The topological polar surface area (TPSA) is 86.0 Å². The molecule has 7 nitrogen and oxygen atoms in total. The van der Waals surface area contributed by atoms with Crippen molar-refractivity contribution in [2.45, 2.75) is 0 Å². The highest BCUT2D eigenvalue weighted by atomic mass is 19.1. The molecule has 0 unspecified atom stereocenters. The number of hydrogen-bond acceptors (Lipinski definition) is 7. The number of nitrogens with zero attached hydrogens (tertiary/aromatic N) is 4. The average molecular weight is 337 g/mol. The maximum absolute atomic E-state index is 13.0. The molecule has 124 valence electrons. The molecule has 0 radical (unpaired) electrons. The van der Waals surface area contributed by atoms with E-state index in [0.717, 1.165) is 16.8 Å². The number of nitrogens with one attached hydrogen (secondary N) is 1. The van der Waals surface area contributed by atoms with Crippen molar-refractivity contribution in [2.24, 2.45) is 0 Å². The molecule has 8 heteroatoms. The smallest absolute Gasteiger partial charge is 0.259 e. The molecule has 0 amide bonds. The first-order valence-corrected chi connectivity index (χ1v) is 7.40. The minimum Gasteiger partial charge on any atom is -0.478 e. The van der Waals surface area contributed by atoms with Crippen molar-refractivity contribution < 1.29 is 13.8 Å². The van der Waals surface area contributed by atoms with Crippen LogP contribution in [-0.2, 0) is 0 Å². The summed E-state index contributed by atoms with van der Waals surface area (Å²) >= 11 is 0. The Hall–Kier alpha value is -3.55. The van der Waals surface area contributed by atoms with Crippen LogP contribution in [0, 0.1) is 5.82 Å². The summed E-state index contributed by atoms with van der Waals surface area (Å²) in [5.41, 5.74) is 3.25. The Morgan fingerprint density at radius 1 is 0.880 bits per heavy atom. The van der Waals surface area contributed by atoms with Crippen LogP contribution in [0.5, 0.6) is 5.88 Å². The zero-order chi connectivity index (χ0) is 17.2. The standard InChI is InChI=1S/C17H12FN5O2/c1-24-17-16(20-14-15(21-17)23-25-22-14)19-13-8-4-11(5-9-13)10-2-6-12(18)7-3-10/h2-9H,1H3,(H,19,20,22). The van der Waals surface area contributed by atoms with Crippen LogP contribution in [0.15, 0.2) is 53.2 Å². The zero-order valence-corrected chi connectivity index (χ0v) is 13.1. The molecular formula is C17H12FN5O2. The lowest BCUT2D eigenvalue weighted by Crippen LogP contribution is -2.00. The van der Waals surface area contributed by atoms with Crippen LogP contribution in [0.3, 0.4) is 0 Å².